The molecular weight excluding hydrogens is 410 g/mol. The number of hydrogen-bond acceptors (Lipinski definition) is 6. The molecule has 2 heterocycles. The number of ether oxygens (including phenoxy) is 1. The summed E-state index contributed by atoms with van der Waals surface area (Å²) in [6, 6.07) is 10.6. The van der Waals surface area contributed by atoms with E-state index in [0.29, 0.717) is 31.6 Å². The van der Waals surface area contributed by atoms with Gasteiger partial charge in [-0.2, -0.15) is 0 Å². The molecule has 4 rings (SSSR count). The van der Waals surface area contributed by atoms with E-state index in [1.807, 2.05) is 32.9 Å². The largest absolute Gasteiger partial charge is 0.508 e. The van der Waals surface area contributed by atoms with Gasteiger partial charge < -0.3 is 20.1 Å². The molecule has 32 heavy (non-hydrogen) atoms. The van der Waals surface area contributed by atoms with Crippen molar-refractivity contribution in [2.24, 2.45) is 0 Å². The van der Waals surface area contributed by atoms with Crippen molar-refractivity contribution in [2.75, 3.05) is 18.4 Å². The first-order valence-electron chi connectivity index (χ1n) is 10.6. The average molecular weight is 438 g/mol. The Labute approximate surface area is 186 Å². The summed E-state index contributed by atoms with van der Waals surface area (Å²) in [5.74, 6) is -0.249. The van der Waals surface area contributed by atoms with Gasteiger partial charge in [0.15, 0.2) is 5.69 Å². The lowest BCUT2D eigenvalue weighted by Gasteiger charge is -2.33. The first kappa shape index (κ1) is 21.6. The van der Waals surface area contributed by atoms with Crippen molar-refractivity contribution >= 4 is 28.5 Å². The molecule has 1 fully saturated rings. The lowest BCUT2D eigenvalue weighted by Crippen LogP contribution is -2.42. The number of anilines is 1. The van der Waals surface area contributed by atoms with E-state index in [2.05, 4.69) is 15.6 Å². The molecule has 2 amide bonds. The molecule has 0 spiro atoms. The van der Waals surface area contributed by atoms with E-state index in [4.69, 9.17) is 4.74 Å². The second kappa shape index (κ2) is 8.49. The van der Waals surface area contributed by atoms with E-state index in [0.717, 1.165) is 10.8 Å². The van der Waals surface area contributed by atoms with Crippen LogP contribution in [0.3, 0.4) is 0 Å². The fraction of sp³-hybridized carbons (Fsp3) is 0.391. The first-order chi connectivity index (χ1) is 15.2. The summed E-state index contributed by atoms with van der Waals surface area (Å²) in [7, 11) is 0. The van der Waals surface area contributed by atoms with Crippen molar-refractivity contribution < 1.29 is 19.4 Å². The Kier molecular flexibility index (Phi) is 5.73. The van der Waals surface area contributed by atoms with Crippen molar-refractivity contribution in [2.45, 2.75) is 45.3 Å². The molecule has 1 aromatic heterocycles. The van der Waals surface area contributed by atoms with Crippen LogP contribution in [0.4, 0.5) is 10.5 Å². The zero-order valence-electron chi connectivity index (χ0n) is 18.4. The van der Waals surface area contributed by atoms with Gasteiger partial charge in [-0.1, -0.05) is 23.4 Å². The van der Waals surface area contributed by atoms with Crippen molar-refractivity contribution in [3.8, 4) is 5.75 Å². The molecule has 9 heteroatoms. The average Bonchev–Trinajstić information content (AvgIpc) is 3.23. The maximum Gasteiger partial charge on any atom is 0.410 e. The standard InChI is InChI=1S/C23H27N5O4/c1-23(2,3)32-22(31)27-11-9-16(10-12-27)28-14-20(25-26-28)21(30)24-19-6-4-5-15-7-8-17(29)13-18(15)19/h4-8,13-14,16,29H,9-12H2,1-3H3,(H,24,30). The lowest BCUT2D eigenvalue weighted by atomic mass is 10.1. The van der Waals surface area contributed by atoms with Gasteiger partial charge in [-0.05, 0) is 57.2 Å². The molecule has 0 atom stereocenters. The number of aromatic hydroxyl groups is 1. The second-order valence-corrected chi connectivity index (χ2v) is 8.95. The molecular formula is C23H27N5O4. The van der Waals surface area contributed by atoms with Crippen molar-refractivity contribution in [3.63, 3.8) is 0 Å². The molecule has 0 bridgehead atoms. The molecule has 1 aliphatic rings. The maximum atomic E-state index is 12.8. The first-order valence-corrected chi connectivity index (χ1v) is 10.6. The number of carbonyl (C=O) groups excluding carboxylic acids is 2. The van der Waals surface area contributed by atoms with Gasteiger partial charge in [0.25, 0.3) is 5.91 Å². The number of piperidine rings is 1. The molecule has 0 aliphatic carbocycles. The van der Waals surface area contributed by atoms with E-state index in [1.54, 1.807) is 40.0 Å². The van der Waals surface area contributed by atoms with Crippen LogP contribution in [0.2, 0.25) is 0 Å². The molecule has 9 nitrogen and oxygen atoms in total. The van der Waals surface area contributed by atoms with Crippen LogP contribution in [0.15, 0.2) is 42.6 Å². The molecule has 0 saturated carbocycles. The Morgan fingerprint density at radius 2 is 1.91 bits per heavy atom. The number of aromatic nitrogens is 3. The smallest absolute Gasteiger partial charge is 0.410 e. The Morgan fingerprint density at radius 3 is 2.62 bits per heavy atom. The Bertz CT molecular complexity index is 1140. The number of amides is 2. The van der Waals surface area contributed by atoms with Gasteiger partial charge in [0.05, 0.1) is 12.2 Å². The van der Waals surface area contributed by atoms with E-state index in [9.17, 15) is 14.7 Å². The fourth-order valence-electron chi connectivity index (χ4n) is 3.75. The predicted molar refractivity (Wildman–Crippen MR) is 120 cm³/mol. The summed E-state index contributed by atoms with van der Waals surface area (Å²) in [6.07, 6.45) is 2.72. The highest BCUT2D eigenvalue weighted by Gasteiger charge is 2.28. The van der Waals surface area contributed by atoms with Crippen LogP contribution in [0.5, 0.6) is 5.75 Å². The number of likely N-dealkylation sites (tertiary alicyclic amines) is 1. The summed E-state index contributed by atoms with van der Waals surface area (Å²) in [6.45, 7) is 6.66. The quantitative estimate of drug-likeness (QED) is 0.642. The third kappa shape index (κ3) is 4.82. The van der Waals surface area contributed by atoms with Crippen LogP contribution in [0, 0.1) is 0 Å². The number of phenols is 1. The Hall–Kier alpha value is -3.62. The molecule has 1 aliphatic heterocycles. The Balaban J connectivity index is 1.40. The summed E-state index contributed by atoms with van der Waals surface area (Å²) in [5, 5.41) is 22.5. The summed E-state index contributed by atoms with van der Waals surface area (Å²) in [5.41, 5.74) is 0.269. The van der Waals surface area contributed by atoms with Gasteiger partial charge in [-0.3, -0.25) is 4.79 Å². The molecule has 3 aromatic rings. The van der Waals surface area contributed by atoms with Crippen molar-refractivity contribution in [1.29, 1.82) is 0 Å². The number of fused-ring (bicyclic) bond motifs is 1. The lowest BCUT2D eigenvalue weighted by molar-refractivity contribution is 0.0184. The minimum atomic E-state index is -0.523. The van der Waals surface area contributed by atoms with Gasteiger partial charge >= 0.3 is 6.09 Å². The van der Waals surface area contributed by atoms with Gasteiger partial charge in [0.2, 0.25) is 0 Å². The summed E-state index contributed by atoms with van der Waals surface area (Å²) >= 11 is 0. The summed E-state index contributed by atoms with van der Waals surface area (Å²) in [4.78, 5) is 26.7. The van der Waals surface area contributed by atoms with E-state index in [1.165, 1.54) is 0 Å². The zero-order valence-corrected chi connectivity index (χ0v) is 18.4. The van der Waals surface area contributed by atoms with Gasteiger partial charge in [0, 0.05) is 24.2 Å². The highest BCUT2D eigenvalue weighted by Crippen LogP contribution is 2.28. The maximum absolute atomic E-state index is 12.8. The fourth-order valence-corrected chi connectivity index (χ4v) is 3.75. The number of rotatable bonds is 3. The molecule has 2 N–H and O–H groups in total. The van der Waals surface area contributed by atoms with Crippen molar-refractivity contribution in [1.82, 2.24) is 19.9 Å². The van der Waals surface area contributed by atoms with Crippen LogP contribution in [0.1, 0.15) is 50.1 Å². The van der Waals surface area contributed by atoms with E-state index < -0.39 is 5.60 Å². The molecule has 168 valence electrons. The molecule has 2 aromatic carbocycles. The minimum absolute atomic E-state index is 0.0530. The van der Waals surface area contributed by atoms with Crippen LogP contribution >= 0.6 is 0 Å². The number of nitrogens with zero attached hydrogens (tertiary/aromatic N) is 4. The number of hydrogen-bond donors (Lipinski definition) is 2. The van der Waals surface area contributed by atoms with Gasteiger partial charge in [-0.25, -0.2) is 9.48 Å². The van der Waals surface area contributed by atoms with Crippen LogP contribution in [0.25, 0.3) is 10.8 Å². The Morgan fingerprint density at radius 1 is 1.16 bits per heavy atom. The number of benzene rings is 2. The predicted octanol–water partition coefficient (Wildman–Crippen LogP) is 3.96. The normalized spacial score (nSPS) is 15.0. The van der Waals surface area contributed by atoms with E-state index in [-0.39, 0.29) is 29.5 Å². The zero-order chi connectivity index (χ0) is 22.9. The number of carbonyl (C=O) groups is 2. The van der Waals surface area contributed by atoms with Crippen LogP contribution < -0.4 is 5.32 Å². The third-order valence-electron chi connectivity index (χ3n) is 5.35. The summed E-state index contributed by atoms with van der Waals surface area (Å²) < 4.78 is 7.12. The highest BCUT2D eigenvalue weighted by molar-refractivity contribution is 6.08. The number of nitrogens with one attached hydrogen (secondary N) is 1. The monoisotopic (exact) mass is 437 g/mol. The van der Waals surface area contributed by atoms with Crippen LogP contribution in [-0.2, 0) is 4.74 Å². The minimum Gasteiger partial charge on any atom is -0.508 e. The SMILES string of the molecule is CC(C)(C)OC(=O)N1CCC(n2cc(C(=O)Nc3cccc4ccc(O)cc34)nn2)CC1. The second-order valence-electron chi connectivity index (χ2n) is 8.95. The molecule has 0 unspecified atom stereocenters. The molecule has 1 saturated heterocycles. The highest BCUT2D eigenvalue weighted by atomic mass is 16.6. The van der Waals surface area contributed by atoms with Gasteiger partial charge in [-0.15, -0.1) is 5.10 Å². The third-order valence-corrected chi connectivity index (χ3v) is 5.35. The van der Waals surface area contributed by atoms with Crippen LogP contribution in [-0.4, -0.2) is 55.7 Å². The van der Waals surface area contributed by atoms with Gasteiger partial charge in [0.1, 0.15) is 11.4 Å². The molecule has 0 radical (unpaired) electrons. The number of phenolic OH excluding ortho intramolecular Hbond substituents is 1. The van der Waals surface area contributed by atoms with E-state index >= 15 is 0 Å². The topological polar surface area (TPSA) is 110 Å². The van der Waals surface area contributed by atoms with Crippen molar-refractivity contribution in [3.05, 3.63) is 48.3 Å².